The smallest absolute Gasteiger partial charge is 0.252 e. The van der Waals surface area contributed by atoms with E-state index in [0.29, 0.717) is 5.56 Å². The molecule has 1 aromatic rings. The van der Waals surface area contributed by atoms with Crippen molar-refractivity contribution >= 4 is 17.2 Å². The topological polar surface area (TPSA) is 29.1 Å². The normalized spacial score (nSPS) is 10.1. The average molecular weight is 201 g/mol. The largest absolute Gasteiger partial charge is 0.349 e. The molecular formula is C9H12FNOS. The third-order valence-corrected chi connectivity index (χ3v) is 2.63. The van der Waals surface area contributed by atoms with E-state index < -0.39 is 6.67 Å². The predicted molar refractivity (Wildman–Crippen MR) is 52.1 cm³/mol. The molecule has 72 valence electrons. The van der Waals surface area contributed by atoms with E-state index in [9.17, 15) is 9.18 Å². The number of rotatable bonds is 3. The minimum atomic E-state index is -0.520. The van der Waals surface area contributed by atoms with Crippen LogP contribution in [0, 0.1) is 13.8 Å². The molecule has 1 heterocycles. The Balaban J connectivity index is 2.70. The predicted octanol–water partition coefficient (Wildman–Crippen LogP) is 2.06. The van der Waals surface area contributed by atoms with Crippen molar-refractivity contribution in [1.82, 2.24) is 5.32 Å². The standard InChI is InChI=1S/C9H12FNOS/c1-6-5-8(7(2)13-6)9(12)11-4-3-10/h5H,3-4H2,1-2H3,(H,11,12). The number of thiophene rings is 1. The Morgan fingerprint density at radius 3 is 2.77 bits per heavy atom. The molecule has 0 aromatic carbocycles. The first-order chi connectivity index (χ1) is 6.15. The number of carbonyl (C=O) groups excluding carboxylic acids is 1. The van der Waals surface area contributed by atoms with E-state index in [1.807, 2.05) is 19.9 Å². The van der Waals surface area contributed by atoms with Gasteiger partial charge < -0.3 is 5.32 Å². The van der Waals surface area contributed by atoms with Crippen molar-refractivity contribution in [2.75, 3.05) is 13.2 Å². The lowest BCUT2D eigenvalue weighted by atomic mass is 10.2. The van der Waals surface area contributed by atoms with Crippen LogP contribution in [0.15, 0.2) is 6.07 Å². The SMILES string of the molecule is Cc1cc(C(=O)NCCF)c(C)s1. The number of halogens is 1. The summed E-state index contributed by atoms with van der Waals surface area (Å²) in [7, 11) is 0. The Hall–Kier alpha value is -0.900. The summed E-state index contributed by atoms with van der Waals surface area (Å²) in [5.41, 5.74) is 0.663. The maximum absolute atomic E-state index is 11.8. The molecule has 1 aromatic heterocycles. The lowest BCUT2D eigenvalue weighted by molar-refractivity contribution is 0.0950. The van der Waals surface area contributed by atoms with Gasteiger partial charge in [-0.2, -0.15) is 0 Å². The number of hydrogen-bond acceptors (Lipinski definition) is 2. The molecule has 0 radical (unpaired) electrons. The minimum absolute atomic E-state index is 0.0904. The van der Waals surface area contributed by atoms with Crippen LogP contribution in [-0.2, 0) is 0 Å². The highest BCUT2D eigenvalue weighted by atomic mass is 32.1. The van der Waals surface area contributed by atoms with Gasteiger partial charge in [-0.15, -0.1) is 11.3 Å². The van der Waals surface area contributed by atoms with E-state index in [-0.39, 0.29) is 12.5 Å². The van der Waals surface area contributed by atoms with E-state index in [1.165, 1.54) is 0 Å². The number of alkyl halides is 1. The average Bonchev–Trinajstić information content (AvgIpc) is 2.41. The summed E-state index contributed by atoms with van der Waals surface area (Å²) < 4.78 is 11.8. The maximum Gasteiger partial charge on any atom is 0.252 e. The molecule has 0 unspecified atom stereocenters. The van der Waals surface area contributed by atoms with Crippen LogP contribution in [0.3, 0.4) is 0 Å². The Morgan fingerprint density at radius 2 is 2.31 bits per heavy atom. The van der Waals surface area contributed by atoms with Crippen molar-refractivity contribution in [3.05, 3.63) is 21.4 Å². The van der Waals surface area contributed by atoms with Crippen molar-refractivity contribution in [3.63, 3.8) is 0 Å². The Morgan fingerprint density at radius 1 is 1.62 bits per heavy atom. The zero-order chi connectivity index (χ0) is 9.84. The fourth-order valence-electron chi connectivity index (χ4n) is 1.11. The van der Waals surface area contributed by atoms with Gasteiger partial charge >= 0.3 is 0 Å². The molecule has 1 N–H and O–H groups in total. The fourth-order valence-corrected chi connectivity index (χ4v) is 2.03. The van der Waals surface area contributed by atoms with E-state index in [0.717, 1.165) is 9.75 Å². The van der Waals surface area contributed by atoms with Crippen LogP contribution in [0.2, 0.25) is 0 Å². The zero-order valence-corrected chi connectivity index (χ0v) is 8.50. The quantitative estimate of drug-likeness (QED) is 0.797. The second-order valence-corrected chi connectivity index (χ2v) is 4.23. The van der Waals surface area contributed by atoms with Crippen LogP contribution < -0.4 is 5.32 Å². The minimum Gasteiger partial charge on any atom is -0.349 e. The van der Waals surface area contributed by atoms with E-state index in [4.69, 9.17) is 0 Å². The molecule has 0 fully saturated rings. The number of carbonyl (C=O) groups is 1. The molecule has 0 bridgehead atoms. The van der Waals surface area contributed by atoms with Crippen LogP contribution in [-0.4, -0.2) is 19.1 Å². The first-order valence-electron chi connectivity index (χ1n) is 4.06. The molecular weight excluding hydrogens is 189 g/mol. The van der Waals surface area contributed by atoms with Gasteiger partial charge in [0.15, 0.2) is 0 Å². The van der Waals surface area contributed by atoms with Crippen LogP contribution >= 0.6 is 11.3 Å². The Bertz CT molecular complexity index is 309. The fraction of sp³-hybridized carbons (Fsp3) is 0.444. The molecule has 0 saturated carbocycles. The van der Waals surface area contributed by atoms with Gasteiger partial charge in [0, 0.05) is 16.3 Å². The number of hydrogen-bond donors (Lipinski definition) is 1. The van der Waals surface area contributed by atoms with Gasteiger partial charge in [0.1, 0.15) is 6.67 Å². The highest BCUT2D eigenvalue weighted by molar-refractivity contribution is 7.12. The lowest BCUT2D eigenvalue weighted by Crippen LogP contribution is -2.25. The molecule has 4 heteroatoms. The summed E-state index contributed by atoms with van der Waals surface area (Å²) in [6.45, 7) is 3.41. The summed E-state index contributed by atoms with van der Waals surface area (Å²) in [5.74, 6) is -0.181. The molecule has 0 aliphatic rings. The van der Waals surface area contributed by atoms with E-state index in [1.54, 1.807) is 11.3 Å². The van der Waals surface area contributed by atoms with Gasteiger partial charge in [-0.25, -0.2) is 4.39 Å². The third-order valence-electron chi connectivity index (χ3n) is 1.67. The van der Waals surface area contributed by atoms with Gasteiger partial charge in [0.05, 0.1) is 5.56 Å². The van der Waals surface area contributed by atoms with Gasteiger partial charge in [0.2, 0.25) is 0 Å². The van der Waals surface area contributed by atoms with Crippen molar-refractivity contribution < 1.29 is 9.18 Å². The molecule has 1 amide bonds. The molecule has 0 saturated heterocycles. The van der Waals surface area contributed by atoms with Gasteiger partial charge in [-0.3, -0.25) is 4.79 Å². The maximum atomic E-state index is 11.8. The zero-order valence-electron chi connectivity index (χ0n) is 7.69. The van der Waals surface area contributed by atoms with Crippen molar-refractivity contribution in [3.8, 4) is 0 Å². The Kier molecular flexibility index (Phi) is 3.42. The number of nitrogens with one attached hydrogen (secondary N) is 1. The highest BCUT2D eigenvalue weighted by Crippen LogP contribution is 2.20. The molecule has 13 heavy (non-hydrogen) atoms. The Labute approximate surface area is 80.8 Å². The molecule has 2 nitrogen and oxygen atoms in total. The summed E-state index contributed by atoms with van der Waals surface area (Å²) in [6, 6.07) is 1.83. The summed E-state index contributed by atoms with van der Waals surface area (Å²) >= 11 is 1.58. The van der Waals surface area contributed by atoms with Crippen molar-refractivity contribution in [2.45, 2.75) is 13.8 Å². The second-order valence-electron chi connectivity index (χ2n) is 2.77. The van der Waals surface area contributed by atoms with E-state index in [2.05, 4.69) is 5.32 Å². The molecule has 0 aliphatic heterocycles. The molecule has 0 aliphatic carbocycles. The van der Waals surface area contributed by atoms with Crippen LogP contribution in [0.25, 0.3) is 0 Å². The van der Waals surface area contributed by atoms with Crippen LogP contribution in [0.5, 0.6) is 0 Å². The van der Waals surface area contributed by atoms with Gasteiger partial charge in [0.25, 0.3) is 5.91 Å². The van der Waals surface area contributed by atoms with Crippen molar-refractivity contribution in [2.24, 2.45) is 0 Å². The lowest BCUT2D eigenvalue weighted by Gasteiger charge is -2.00. The first kappa shape index (κ1) is 10.2. The van der Waals surface area contributed by atoms with Crippen LogP contribution in [0.4, 0.5) is 4.39 Å². The summed E-state index contributed by atoms with van der Waals surface area (Å²) in [5, 5.41) is 2.50. The van der Waals surface area contributed by atoms with Gasteiger partial charge in [-0.1, -0.05) is 0 Å². The van der Waals surface area contributed by atoms with E-state index >= 15 is 0 Å². The van der Waals surface area contributed by atoms with Crippen molar-refractivity contribution in [1.29, 1.82) is 0 Å². The molecule has 0 atom stereocenters. The summed E-state index contributed by atoms with van der Waals surface area (Å²) in [4.78, 5) is 13.4. The summed E-state index contributed by atoms with van der Waals surface area (Å²) in [6.07, 6.45) is 0. The first-order valence-corrected chi connectivity index (χ1v) is 4.88. The second kappa shape index (κ2) is 4.37. The number of amides is 1. The van der Waals surface area contributed by atoms with Crippen LogP contribution in [0.1, 0.15) is 20.1 Å². The highest BCUT2D eigenvalue weighted by Gasteiger charge is 2.10. The molecule has 0 spiro atoms. The third kappa shape index (κ3) is 2.52. The number of aryl methyl sites for hydroxylation is 2. The van der Waals surface area contributed by atoms with Gasteiger partial charge in [-0.05, 0) is 19.9 Å². The molecule has 1 rings (SSSR count). The monoisotopic (exact) mass is 201 g/mol.